The minimum atomic E-state index is -1.02. The fraction of sp³-hybridized carbons (Fsp3) is 0.417. The zero-order chi connectivity index (χ0) is 16.2. The van der Waals surface area contributed by atoms with E-state index in [0.717, 1.165) is 19.4 Å². The molecule has 0 radical (unpaired) electrons. The monoisotopic (exact) mass is 297 g/mol. The van der Waals surface area contributed by atoms with Crippen LogP contribution in [0.5, 0.6) is 0 Å². The quantitative estimate of drug-likeness (QED) is 0.467. The molecule has 0 amide bonds. The van der Waals surface area contributed by atoms with Crippen LogP contribution in [0.25, 0.3) is 0 Å². The molecule has 0 bridgehead atoms. The number of aromatic nitrogens is 1. The summed E-state index contributed by atoms with van der Waals surface area (Å²) in [4.78, 5) is 37.8. The van der Waals surface area contributed by atoms with Crippen LogP contribution in [0.15, 0.2) is 12.3 Å². The summed E-state index contributed by atoms with van der Waals surface area (Å²) in [6, 6.07) is 1.05. The summed E-state index contributed by atoms with van der Waals surface area (Å²) in [5.41, 5.74) is -0.439. The summed E-state index contributed by atoms with van der Waals surface area (Å²) >= 11 is 0. The van der Waals surface area contributed by atoms with E-state index in [9.17, 15) is 19.7 Å². The molecule has 1 heterocycles. The molecule has 0 saturated carbocycles. The third-order valence-corrected chi connectivity index (χ3v) is 2.80. The third-order valence-electron chi connectivity index (χ3n) is 2.80. The van der Waals surface area contributed by atoms with E-state index >= 15 is 0 Å². The van der Waals surface area contributed by atoms with Gasteiger partial charge in [-0.15, -0.1) is 0 Å². The molecule has 114 valence electrons. The number of carbonyl (C=O) groups excluding carboxylic acids is 1. The van der Waals surface area contributed by atoms with Crippen LogP contribution in [0, 0.1) is 16.0 Å². The summed E-state index contributed by atoms with van der Waals surface area (Å²) < 4.78 is 4.47. The van der Waals surface area contributed by atoms with Crippen molar-refractivity contribution in [2.75, 3.05) is 25.6 Å². The molecule has 1 atom stereocenters. The van der Waals surface area contributed by atoms with Gasteiger partial charge in [0.1, 0.15) is 0 Å². The highest BCUT2D eigenvalue weighted by Crippen LogP contribution is 2.26. The second-order valence-electron chi connectivity index (χ2n) is 4.44. The van der Waals surface area contributed by atoms with Gasteiger partial charge in [0.25, 0.3) is 0 Å². The number of anilines is 1. The lowest BCUT2D eigenvalue weighted by Gasteiger charge is -2.20. The largest absolute Gasteiger partial charge is 0.481 e. The molecule has 1 N–H and O–H groups in total. The smallest absolute Gasteiger partial charge is 0.339 e. The summed E-state index contributed by atoms with van der Waals surface area (Å²) in [6.07, 6.45) is 1.15. The van der Waals surface area contributed by atoms with Gasteiger partial charge in [0.15, 0.2) is 0 Å². The second kappa shape index (κ2) is 6.64. The lowest BCUT2D eigenvalue weighted by atomic mass is 10.1. The molecule has 0 fully saturated rings. The van der Waals surface area contributed by atoms with Crippen molar-refractivity contribution in [3.63, 3.8) is 0 Å². The Kier molecular flexibility index (Phi) is 5.17. The van der Waals surface area contributed by atoms with E-state index < -0.39 is 28.5 Å². The number of rotatable bonds is 6. The number of esters is 1. The average Bonchev–Trinajstić information content (AvgIpc) is 2.45. The first-order valence-electron chi connectivity index (χ1n) is 5.94. The van der Waals surface area contributed by atoms with Gasteiger partial charge in [-0.2, -0.15) is 0 Å². The van der Waals surface area contributed by atoms with E-state index in [4.69, 9.17) is 5.11 Å². The zero-order valence-electron chi connectivity index (χ0n) is 11.8. The van der Waals surface area contributed by atoms with Crippen molar-refractivity contribution >= 4 is 23.4 Å². The predicted octanol–water partition coefficient (Wildman–Crippen LogP) is 0.933. The first-order valence-corrected chi connectivity index (χ1v) is 5.94. The number of carbonyl (C=O) groups is 2. The molecule has 0 aromatic carbocycles. The lowest BCUT2D eigenvalue weighted by Crippen LogP contribution is -2.29. The van der Waals surface area contributed by atoms with Crippen molar-refractivity contribution in [2.45, 2.75) is 6.92 Å². The molecule has 1 unspecified atom stereocenters. The van der Waals surface area contributed by atoms with Crippen LogP contribution < -0.4 is 4.90 Å². The number of nitrogens with zero attached hydrogens (tertiary/aromatic N) is 3. The van der Waals surface area contributed by atoms with Crippen molar-refractivity contribution in [3.8, 4) is 0 Å². The van der Waals surface area contributed by atoms with E-state index in [0.29, 0.717) is 0 Å². The number of methoxy groups -OCH3 is 1. The van der Waals surface area contributed by atoms with E-state index in [2.05, 4.69) is 9.72 Å². The molecule has 1 rings (SSSR count). The molecule has 0 saturated heterocycles. The van der Waals surface area contributed by atoms with Gasteiger partial charge in [0, 0.05) is 25.9 Å². The number of hydrogen-bond acceptors (Lipinski definition) is 7. The summed E-state index contributed by atoms with van der Waals surface area (Å²) in [6.45, 7) is 1.52. The van der Waals surface area contributed by atoms with Gasteiger partial charge >= 0.3 is 17.6 Å². The Bertz CT molecular complexity index is 574. The topological polar surface area (TPSA) is 123 Å². The van der Waals surface area contributed by atoms with Crippen LogP contribution >= 0.6 is 0 Å². The molecule has 0 aliphatic carbocycles. The van der Waals surface area contributed by atoms with Gasteiger partial charge in [-0.05, 0) is 0 Å². The van der Waals surface area contributed by atoms with E-state index in [1.165, 1.54) is 18.9 Å². The molecule has 1 aromatic heterocycles. The van der Waals surface area contributed by atoms with Gasteiger partial charge in [0.05, 0.1) is 23.5 Å². The highest BCUT2D eigenvalue weighted by Gasteiger charge is 2.24. The SMILES string of the molecule is COC(=O)c1cnc(N(C)CC(C)C(=O)O)c([N+](=O)[O-])c1. The molecule has 0 aliphatic rings. The Balaban J connectivity index is 3.14. The fourth-order valence-corrected chi connectivity index (χ4v) is 1.68. The van der Waals surface area contributed by atoms with Gasteiger partial charge in [0.2, 0.25) is 5.82 Å². The van der Waals surface area contributed by atoms with Crippen LogP contribution in [-0.4, -0.2) is 47.7 Å². The van der Waals surface area contributed by atoms with Gasteiger partial charge < -0.3 is 14.7 Å². The minimum absolute atomic E-state index is 0.0132. The standard InChI is InChI=1S/C12H15N3O6/c1-7(11(16)17)6-14(2)10-9(15(19)20)4-8(5-13-10)12(18)21-3/h4-5,7H,6H2,1-3H3,(H,16,17). The fourth-order valence-electron chi connectivity index (χ4n) is 1.68. The third kappa shape index (κ3) is 3.88. The summed E-state index contributed by atoms with van der Waals surface area (Å²) in [5.74, 6) is -2.49. The molecule has 0 aliphatic heterocycles. The Hall–Kier alpha value is -2.71. The molecule has 9 heteroatoms. The van der Waals surface area contributed by atoms with Gasteiger partial charge in [-0.3, -0.25) is 14.9 Å². The summed E-state index contributed by atoms with van der Waals surface area (Å²) in [7, 11) is 2.65. The van der Waals surface area contributed by atoms with Gasteiger partial charge in [-0.1, -0.05) is 6.92 Å². The van der Waals surface area contributed by atoms with Crippen LogP contribution in [0.2, 0.25) is 0 Å². The van der Waals surface area contributed by atoms with Crippen molar-refractivity contribution in [1.29, 1.82) is 0 Å². The first-order chi connectivity index (χ1) is 9.77. The maximum Gasteiger partial charge on any atom is 0.339 e. The summed E-state index contributed by atoms with van der Waals surface area (Å²) in [5, 5.41) is 19.9. The number of carboxylic acids is 1. The second-order valence-corrected chi connectivity index (χ2v) is 4.44. The Morgan fingerprint density at radius 2 is 2.19 bits per heavy atom. The maximum atomic E-state index is 11.4. The Morgan fingerprint density at radius 1 is 1.57 bits per heavy atom. The van der Waals surface area contributed by atoms with Crippen molar-refractivity contribution in [3.05, 3.63) is 27.9 Å². The van der Waals surface area contributed by atoms with Crippen molar-refractivity contribution in [1.82, 2.24) is 4.98 Å². The van der Waals surface area contributed by atoms with E-state index in [1.807, 2.05) is 0 Å². The minimum Gasteiger partial charge on any atom is -0.481 e. The Morgan fingerprint density at radius 3 is 2.67 bits per heavy atom. The normalized spacial score (nSPS) is 11.6. The van der Waals surface area contributed by atoms with Crippen LogP contribution in [-0.2, 0) is 9.53 Å². The van der Waals surface area contributed by atoms with Gasteiger partial charge in [-0.25, -0.2) is 9.78 Å². The predicted molar refractivity (Wildman–Crippen MR) is 72.3 cm³/mol. The number of pyridine rings is 1. The highest BCUT2D eigenvalue weighted by atomic mass is 16.6. The molecule has 1 aromatic rings. The number of ether oxygens (including phenoxy) is 1. The number of carboxylic acid groups (broad SMARTS) is 1. The Labute approximate surface area is 120 Å². The van der Waals surface area contributed by atoms with Crippen LogP contribution in [0.3, 0.4) is 0 Å². The van der Waals surface area contributed by atoms with Crippen molar-refractivity contribution < 1.29 is 24.4 Å². The van der Waals surface area contributed by atoms with Crippen LogP contribution in [0.4, 0.5) is 11.5 Å². The molecular formula is C12H15N3O6. The van der Waals surface area contributed by atoms with E-state index in [-0.39, 0.29) is 17.9 Å². The zero-order valence-corrected chi connectivity index (χ0v) is 11.8. The van der Waals surface area contributed by atoms with Crippen LogP contribution in [0.1, 0.15) is 17.3 Å². The first kappa shape index (κ1) is 16.3. The number of nitro groups is 1. The molecule has 0 spiro atoms. The number of hydrogen-bond donors (Lipinski definition) is 1. The van der Waals surface area contributed by atoms with Crippen molar-refractivity contribution in [2.24, 2.45) is 5.92 Å². The average molecular weight is 297 g/mol. The molecule has 21 heavy (non-hydrogen) atoms. The van der Waals surface area contributed by atoms with E-state index in [1.54, 1.807) is 0 Å². The molecule has 9 nitrogen and oxygen atoms in total. The maximum absolute atomic E-state index is 11.4. The molecular weight excluding hydrogens is 282 g/mol. The number of aliphatic carboxylic acids is 1. The highest BCUT2D eigenvalue weighted by molar-refractivity contribution is 5.90. The lowest BCUT2D eigenvalue weighted by molar-refractivity contribution is -0.384.